The van der Waals surface area contributed by atoms with Crippen molar-refractivity contribution < 1.29 is 14.4 Å². The minimum absolute atomic E-state index is 0.345. The molecule has 0 atom stereocenters. The molecule has 0 saturated heterocycles. The second-order valence-corrected chi connectivity index (χ2v) is 15.9. The predicted octanol–water partition coefficient (Wildman–Crippen LogP) is 14.2. The summed E-state index contributed by atoms with van der Waals surface area (Å²) in [6.45, 7) is 10.0. The van der Waals surface area contributed by atoms with Crippen molar-refractivity contribution in [2.45, 2.75) is 220 Å². The van der Waals surface area contributed by atoms with E-state index < -0.39 is 5.97 Å². The van der Waals surface area contributed by atoms with Crippen LogP contribution in [0.15, 0.2) is 30.3 Å². The van der Waals surface area contributed by atoms with E-state index in [9.17, 15) is 4.79 Å². The summed E-state index contributed by atoms with van der Waals surface area (Å²) in [6, 6.07) is 10.3. The van der Waals surface area contributed by atoms with Crippen LogP contribution in [0, 0.1) is 6.92 Å². The number of hydrogen-bond donors (Lipinski definition) is 2. The molecule has 0 amide bonds. The number of benzene rings is 1. The molecule has 1 rings (SSSR count). The van der Waals surface area contributed by atoms with E-state index in [0.717, 1.165) is 30.3 Å². The summed E-state index contributed by atoms with van der Waals surface area (Å²) in [5.41, 5.74) is 6.93. The topological polar surface area (TPSA) is 63.3 Å². The maximum Gasteiger partial charge on any atom is 0.303 e. The van der Waals surface area contributed by atoms with Crippen LogP contribution in [0.25, 0.3) is 0 Å². The zero-order valence-corrected chi connectivity index (χ0v) is 34.8. The standard InChI is InChI=1S/C21H47N2.C18H36O2.C7H8/c1-4-5-6-7-8-9-10-11-12-13-14-15-16-17-20-23(2,3)21-18-19-22;1-2-3-4-5-6-7-8-9-10-11-12-13-14-15-16-17-18(19)20;1-7-5-3-2-4-6-7/h4-22H2,1-3H3;2-17H2,1H3,(H,19,20);2-6H,1H3/q+1;;. The van der Waals surface area contributed by atoms with E-state index in [1.54, 1.807) is 0 Å². The smallest absolute Gasteiger partial charge is 0.303 e. The Kier molecular flexibility index (Phi) is 42.6. The SMILES string of the molecule is CCCCCCCCCCCCCCCCCC(=O)O.CCCCCCCCCCCCCCCC[N+](C)(C)CCCN.Cc1ccccc1. The van der Waals surface area contributed by atoms with Gasteiger partial charge >= 0.3 is 5.97 Å². The van der Waals surface area contributed by atoms with Crippen LogP contribution in [-0.4, -0.2) is 49.3 Å². The third-order valence-corrected chi connectivity index (χ3v) is 10.0. The number of carboxylic acids is 1. The van der Waals surface area contributed by atoms with Gasteiger partial charge in [-0.2, -0.15) is 0 Å². The average Bonchev–Trinajstić information content (AvgIpc) is 3.10. The van der Waals surface area contributed by atoms with Crippen molar-refractivity contribution in [2.75, 3.05) is 33.7 Å². The van der Waals surface area contributed by atoms with Crippen molar-refractivity contribution in [3.8, 4) is 0 Å². The molecule has 4 heteroatoms. The lowest BCUT2D eigenvalue weighted by Crippen LogP contribution is -2.41. The molecule has 0 radical (unpaired) electrons. The van der Waals surface area contributed by atoms with Crippen LogP contribution in [0.4, 0.5) is 0 Å². The van der Waals surface area contributed by atoms with Gasteiger partial charge in [0.05, 0.1) is 27.2 Å². The van der Waals surface area contributed by atoms with Gasteiger partial charge in [-0.1, -0.05) is 217 Å². The molecular weight excluding hydrogens is 613 g/mol. The average molecular weight is 704 g/mol. The normalized spacial score (nSPS) is 11.1. The molecule has 0 aromatic heterocycles. The van der Waals surface area contributed by atoms with Crippen molar-refractivity contribution in [3.05, 3.63) is 35.9 Å². The molecule has 0 spiro atoms. The Bertz CT molecular complexity index is 767. The third-order valence-electron chi connectivity index (χ3n) is 10.0. The molecule has 0 aliphatic carbocycles. The molecule has 50 heavy (non-hydrogen) atoms. The first kappa shape index (κ1) is 50.7. The predicted molar refractivity (Wildman–Crippen MR) is 224 cm³/mol. The zero-order valence-electron chi connectivity index (χ0n) is 34.8. The van der Waals surface area contributed by atoms with Gasteiger partial charge in [0.25, 0.3) is 0 Å². The quantitative estimate of drug-likeness (QED) is 0.0555. The Hall–Kier alpha value is -1.39. The molecule has 296 valence electrons. The van der Waals surface area contributed by atoms with Gasteiger partial charge in [0.2, 0.25) is 0 Å². The molecule has 0 heterocycles. The lowest BCUT2D eigenvalue weighted by molar-refractivity contribution is -0.890. The molecule has 0 aliphatic heterocycles. The molecule has 0 fully saturated rings. The first-order chi connectivity index (χ1) is 24.3. The highest BCUT2D eigenvalue weighted by atomic mass is 16.4. The van der Waals surface area contributed by atoms with Crippen molar-refractivity contribution >= 4 is 5.97 Å². The summed E-state index contributed by atoms with van der Waals surface area (Å²) >= 11 is 0. The van der Waals surface area contributed by atoms with Crippen LogP contribution in [0.2, 0.25) is 0 Å². The maximum absolute atomic E-state index is 10.3. The lowest BCUT2D eigenvalue weighted by atomic mass is 10.0. The summed E-state index contributed by atoms with van der Waals surface area (Å²) in [5.74, 6) is -0.653. The van der Waals surface area contributed by atoms with Crippen molar-refractivity contribution in [3.63, 3.8) is 0 Å². The number of nitrogens with zero attached hydrogens (tertiary/aromatic N) is 1. The van der Waals surface area contributed by atoms with Crippen LogP contribution in [0.3, 0.4) is 0 Å². The van der Waals surface area contributed by atoms with Gasteiger partial charge in [-0.3, -0.25) is 4.79 Å². The summed E-state index contributed by atoms with van der Waals surface area (Å²) in [4.78, 5) is 10.3. The van der Waals surface area contributed by atoms with Crippen molar-refractivity contribution in [2.24, 2.45) is 5.73 Å². The second-order valence-electron chi connectivity index (χ2n) is 15.9. The summed E-state index contributed by atoms with van der Waals surface area (Å²) < 4.78 is 1.15. The molecular formula is C46H91N2O2+. The van der Waals surface area contributed by atoms with Gasteiger partial charge in [0.1, 0.15) is 0 Å². The molecule has 3 N–H and O–H groups in total. The van der Waals surface area contributed by atoms with Gasteiger partial charge in [0.15, 0.2) is 0 Å². The van der Waals surface area contributed by atoms with Gasteiger partial charge in [-0.15, -0.1) is 0 Å². The fourth-order valence-electron chi connectivity index (χ4n) is 6.55. The van der Waals surface area contributed by atoms with E-state index in [1.165, 1.54) is 192 Å². The van der Waals surface area contributed by atoms with Crippen molar-refractivity contribution in [1.29, 1.82) is 0 Å². The highest BCUT2D eigenvalue weighted by molar-refractivity contribution is 5.66. The van der Waals surface area contributed by atoms with E-state index >= 15 is 0 Å². The monoisotopic (exact) mass is 704 g/mol. The van der Waals surface area contributed by atoms with E-state index in [2.05, 4.69) is 47.0 Å². The summed E-state index contributed by atoms with van der Waals surface area (Å²) in [5, 5.41) is 8.52. The van der Waals surface area contributed by atoms with Crippen LogP contribution in [0.1, 0.15) is 218 Å². The minimum Gasteiger partial charge on any atom is -0.481 e. The molecule has 0 saturated carbocycles. The highest BCUT2D eigenvalue weighted by Gasteiger charge is 2.12. The largest absolute Gasteiger partial charge is 0.481 e. The Morgan fingerprint density at radius 2 is 0.800 bits per heavy atom. The molecule has 0 bridgehead atoms. The number of carboxylic acid groups (broad SMARTS) is 1. The Labute approximate surface area is 314 Å². The Morgan fingerprint density at radius 3 is 1.08 bits per heavy atom. The second kappa shape index (κ2) is 42.0. The van der Waals surface area contributed by atoms with Gasteiger partial charge in [-0.05, 0) is 32.7 Å². The van der Waals surface area contributed by atoms with Gasteiger partial charge in [0, 0.05) is 12.8 Å². The lowest BCUT2D eigenvalue weighted by Gasteiger charge is -2.29. The number of unbranched alkanes of at least 4 members (excludes halogenated alkanes) is 27. The number of nitrogens with two attached hydrogens (primary N) is 1. The molecule has 0 aliphatic rings. The van der Waals surface area contributed by atoms with Gasteiger partial charge in [-0.25, -0.2) is 0 Å². The number of carbonyl (C=O) groups is 1. The number of hydrogen-bond acceptors (Lipinski definition) is 2. The summed E-state index contributed by atoms with van der Waals surface area (Å²) in [7, 11) is 4.69. The first-order valence-corrected chi connectivity index (χ1v) is 22.0. The minimum atomic E-state index is -0.653. The molecule has 4 nitrogen and oxygen atoms in total. The highest BCUT2D eigenvalue weighted by Crippen LogP contribution is 2.15. The van der Waals surface area contributed by atoms with Crippen LogP contribution in [-0.2, 0) is 4.79 Å². The van der Waals surface area contributed by atoms with Gasteiger partial charge < -0.3 is 15.3 Å². The van der Waals surface area contributed by atoms with E-state index in [4.69, 9.17) is 10.8 Å². The van der Waals surface area contributed by atoms with Crippen LogP contribution in [0.5, 0.6) is 0 Å². The van der Waals surface area contributed by atoms with E-state index in [-0.39, 0.29) is 0 Å². The van der Waals surface area contributed by atoms with Crippen LogP contribution >= 0.6 is 0 Å². The first-order valence-electron chi connectivity index (χ1n) is 22.0. The number of aryl methyl sites for hydroxylation is 1. The fraction of sp³-hybridized carbons (Fsp3) is 0.848. The Balaban J connectivity index is 0. The third kappa shape index (κ3) is 46.6. The Morgan fingerprint density at radius 1 is 0.500 bits per heavy atom. The summed E-state index contributed by atoms with van der Waals surface area (Å²) in [6.07, 6.45) is 41.6. The van der Waals surface area contributed by atoms with E-state index in [1.807, 2.05) is 18.2 Å². The molecule has 0 unspecified atom stereocenters. The molecule has 1 aromatic carbocycles. The number of rotatable bonds is 34. The maximum atomic E-state index is 10.3. The zero-order chi connectivity index (χ0) is 37.2. The molecule has 1 aromatic rings. The van der Waals surface area contributed by atoms with Crippen LogP contribution < -0.4 is 5.73 Å². The van der Waals surface area contributed by atoms with Crippen molar-refractivity contribution in [1.82, 2.24) is 0 Å². The van der Waals surface area contributed by atoms with E-state index in [0.29, 0.717) is 6.42 Å². The fourth-order valence-corrected chi connectivity index (χ4v) is 6.55. The number of quaternary nitrogens is 1. The number of aliphatic carboxylic acids is 1.